The molecule has 4 heteroatoms. The van der Waals surface area contributed by atoms with Crippen LogP contribution in [0.2, 0.25) is 0 Å². The first-order valence-corrected chi connectivity index (χ1v) is 8.84. The second-order valence-electron chi connectivity index (χ2n) is 6.79. The first-order valence-electron chi connectivity index (χ1n) is 8.84. The van der Waals surface area contributed by atoms with E-state index in [2.05, 4.69) is 49.1 Å². The van der Waals surface area contributed by atoms with Crippen LogP contribution >= 0.6 is 0 Å². The Bertz CT molecular complexity index is 523. The second-order valence-corrected chi connectivity index (χ2v) is 6.79. The van der Waals surface area contributed by atoms with Crippen LogP contribution in [-0.4, -0.2) is 60.1 Å². The van der Waals surface area contributed by atoms with E-state index in [1.807, 2.05) is 4.90 Å². The number of likely N-dealkylation sites (tertiary alicyclic amines) is 1. The summed E-state index contributed by atoms with van der Waals surface area (Å²) in [7, 11) is 0. The van der Waals surface area contributed by atoms with Crippen LogP contribution in [-0.2, 0) is 16.0 Å². The van der Waals surface area contributed by atoms with Crippen LogP contribution in [0.1, 0.15) is 32.3 Å². The molecule has 0 N–H and O–H groups in total. The lowest BCUT2D eigenvalue weighted by atomic mass is 9.82. The fourth-order valence-electron chi connectivity index (χ4n) is 4.01. The van der Waals surface area contributed by atoms with Crippen molar-refractivity contribution in [2.75, 3.05) is 32.8 Å². The van der Waals surface area contributed by atoms with E-state index in [0.29, 0.717) is 0 Å². The maximum absolute atomic E-state index is 12.0. The van der Waals surface area contributed by atoms with Crippen LogP contribution in [0.3, 0.4) is 0 Å². The molecule has 0 bridgehead atoms. The molecule has 0 saturated carbocycles. The quantitative estimate of drug-likeness (QED) is 0.855. The van der Waals surface area contributed by atoms with E-state index in [0.717, 1.165) is 45.4 Å². The Morgan fingerprint density at radius 2 is 1.91 bits per heavy atom. The number of nitrogens with zero attached hydrogens (tertiary/aromatic N) is 2. The minimum Gasteiger partial charge on any atom is -0.363 e. The van der Waals surface area contributed by atoms with Gasteiger partial charge in [-0.1, -0.05) is 30.3 Å². The lowest BCUT2D eigenvalue weighted by Gasteiger charge is -2.51. The van der Waals surface area contributed by atoms with E-state index >= 15 is 0 Å². The SMILES string of the molecule is CCN1C(=O)COC2(CCN(CCc3ccccc3)CC2)C1C. The van der Waals surface area contributed by atoms with E-state index in [9.17, 15) is 4.79 Å². The standard InChI is InChI=1S/C19H28N2O2/c1-3-21-16(2)19(23-15-18(21)22)10-13-20(14-11-19)12-9-17-7-5-4-6-8-17/h4-8,16H,3,9-15H2,1-2H3. The van der Waals surface area contributed by atoms with Gasteiger partial charge in [-0.3, -0.25) is 4.79 Å². The maximum atomic E-state index is 12.0. The third-order valence-corrected chi connectivity index (χ3v) is 5.63. The average Bonchev–Trinajstić information content (AvgIpc) is 2.59. The van der Waals surface area contributed by atoms with Crippen molar-refractivity contribution in [1.29, 1.82) is 0 Å². The summed E-state index contributed by atoms with van der Waals surface area (Å²) in [5, 5.41) is 0. The van der Waals surface area contributed by atoms with Gasteiger partial charge in [-0.05, 0) is 38.7 Å². The van der Waals surface area contributed by atoms with Crippen molar-refractivity contribution in [2.24, 2.45) is 0 Å². The zero-order valence-corrected chi connectivity index (χ0v) is 14.3. The van der Waals surface area contributed by atoms with Crippen LogP contribution < -0.4 is 0 Å². The summed E-state index contributed by atoms with van der Waals surface area (Å²) >= 11 is 0. The van der Waals surface area contributed by atoms with Crippen molar-refractivity contribution in [1.82, 2.24) is 9.80 Å². The lowest BCUT2D eigenvalue weighted by Crippen LogP contribution is -2.63. The summed E-state index contributed by atoms with van der Waals surface area (Å²) in [4.78, 5) is 16.5. The van der Waals surface area contributed by atoms with Gasteiger partial charge in [0.25, 0.3) is 0 Å². The molecule has 2 aliphatic heterocycles. The summed E-state index contributed by atoms with van der Waals surface area (Å²) < 4.78 is 6.06. The molecule has 1 spiro atoms. The van der Waals surface area contributed by atoms with Gasteiger partial charge in [-0.2, -0.15) is 0 Å². The third-order valence-electron chi connectivity index (χ3n) is 5.63. The van der Waals surface area contributed by atoms with Gasteiger partial charge >= 0.3 is 0 Å². The number of ether oxygens (including phenoxy) is 1. The van der Waals surface area contributed by atoms with Crippen molar-refractivity contribution in [3.63, 3.8) is 0 Å². The molecule has 1 amide bonds. The lowest BCUT2D eigenvalue weighted by molar-refractivity contribution is -0.185. The largest absolute Gasteiger partial charge is 0.363 e. The Balaban J connectivity index is 1.54. The maximum Gasteiger partial charge on any atom is 0.248 e. The van der Waals surface area contributed by atoms with Crippen LogP contribution in [0.25, 0.3) is 0 Å². The topological polar surface area (TPSA) is 32.8 Å². The number of piperidine rings is 1. The normalized spacial score (nSPS) is 25.0. The third kappa shape index (κ3) is 3.43. The van der Waals surface area contributed by atoms with E-state index in [1.165, 1.54) is 5.56 Å². The Morgan fingerprint density at radius 1 is 1.22 bits per heavy atom. The van der Waals surface area contributed by atoms with Crippen molar-refractivity contribution < 1.29 is 9.53 Å². The van der Waals surface area contributed by atoms with Crippen LogP contribution in [0.4, 0.5) is 0 Å². The minimum absolute atomic E-state index is 0.132. The fraction of sp³-hybridized carbons (Fsp3) is 0.632. The molecule has 1 aromatic rings. The van der Waals surface area contributed by atoms with Gasteiger partial charge in [0.05, 0.1) is 11.6 Å². The Morgan fingerprint density at radius 3 is 2.57 bits per heavy atom. The Labute approximate surface area is 139 Å². The number of hydrogen-bond donors (Lipinski definition) is 0. The van der Waals surface area contributed by atoms with Gasteiger partial charge in [0.2, 0.25) is 5.91 Å². The zero-order valence-electron chi connectivity index (χ0n) is 14.3. The fourth-order valence-corrected chi connectivity index (χ4v) is 4.01. The number of likely N-dealkylation sites (N-methyl/N-ethyl adjacent to an activating group) is 1. The summed E-state index contributed by atoms with van der Waals surface area (Å²) in [6.45, 7) is 8.46. The van der Waals surface area contributed by atoms with Crippen molar-refractivity contribution in [2.45, 2.75) is 44.8 Å². The molecule has 1 unspecified atom stereocenters. The zero-order chi connectivity index (χ0) is 16.3. The molecule has 0 aromatic heterocycles. The molecule has 2 fully saturated rings. The van der Waals surface area contributed by atoms with Gasteiger partial charge in [0.1, 0.15) is 6.61 Å². The molecule has 0 radical (unpaired) electrons. The molecular weight excluding hydrogens is 288 g/mol. The highest BCUT2D eigenvalue weighted by molar-refractivity contribution is 5.78. The molecule has 1 aromatic carbocycles. The number of amides is 1. The van der Waals surface area contributed by atoms with Crippen LogP contribution in [0.5, 0.6) is 0 Å². The number of rotatable bonds is 4. The van der Waals surface area contributed by atoms with Crippen LogP contribution in [0.15, 0.2) is 30.3 Å². The minimum atomic E-state index is -0.132. The molecule has 0 aliphatic carbocycles. The smallest absolute Gasteiger partial charge is 0.248 e. The van der Waals surface area contributed by atoms with E-state index in [-0.39, 0.29) is 24.2 Å². The monoisotopic (exact) mass is 316 g/mol. The first kappa shape index (κ1) is 16.5. The highest BCUT2D eigenvalue weighted by Gasteiger charge is 2.47. The van der Waals surface area contributed by atoms with Gasteiger partial charge in [0, 0.05) is 26.2 Å². The summed E-state index contributed by atoms with van der Waals surface area (Å²) in [6, 6.07) is 10.9. The molecule has 1 atom stereocenters. The highest BCUT2D eigenvalue weighted by atomic mass is 16.5. The summed E-state index contributed by atoms with van der Waals surface area (Å²) in [6.07, 6.45) is 3.14. The van der Waals surface area contributed by atoms with E-state index in [1.54, 1.807) is 0 Å². The van der Waals surface area contributed by atoms with Gasteiger partial charge in [0.15, 0.2) is 0 Å². The van der Waals surface area contributed by atoms with Gasteiger partial charge < -0.3 is 14.5 Å². The van der Waals surface area contributed by atoms with Crippen molar-refractivity contribution in [3.05, 3.63) is 35.9 Å². The molecule has 2 heterocycles. The van der Waals surface area contributed by atoms with Crippen LogP contribution in [0, 0.1) is 0 Å². The van der Waals surface area contributed by atoms with E-state index in [4.69, 9.17) is 4.74 Å². The summed E-state index contributed by atoms with van der Waals surface area (Å²) in [5.74, 6) is 0.136. The molecule has 23 heavy (non-hydrogen) atoms. The molecule has 2 aliphatic rings. The van der Waals surface area contributed by atoms with E-state index < -0.39 is 0 Å². The van der Waals surface area contributed by atoms with Crippen molar-refractivity contribution in [3.8, 4) is 0 Å². The molecule has 3 rings (SSSR count). The summed E-state index contributed by atoms with van der Waals surface area (Å²) in [5.41, 5.74) is 1.27. The number of hydrogen-bond acceptors (Lipinski definition) is 3. The highest BCUT2D eigenvalue weighted by Crippen LogP contribution is 2.35. The molecule has 4 nitrogen and oxygen atoms in total. The number of benzene rings is 1. The average molecular weight is 316 g/mol. The predicted octanol–water partition coefficient (Wildman–Crippen LogP) is 2.33. The molecule has 2 saturated heterocycles. The number of carbonyl (C=O) groups excluding carboxylic acids is 1. The second kappa shape index (κ2) is 7.02. The Kier molecular flexibility index (Phi) is 5.02. The first-order chi connectivity index (χ1) is 11.1. The van der Waals surface area contributed by atoms with Gasteiger partial charge in [-0.15, -0.1) is 0 Å². The predicted molar refractivity (Wildman–Crippen MR) is 91.4 cm³/mol. The number of morpholine rings is 1. The number of carbonyl (C=O) groups is 1. The van der Waals surface area contributed by atoms with Gasteiger partial charge in [-0.25, -0.2) is 0 Å². The molecular formula is C19H28N2O2. The Hall–Kier alpha value is -1.39. The van der Waals surface area contributed by atoms with Crippen molar-refractivity contribution >= 4 is 5.91 Å². The molecule has 126 valence electrons.